The monoisotopic (exact) mass is 492 g/mol. The summed E-state index contributed by atoms with van der Waals surface area (Å²) in [6.07, 6.45) is 6.70. The number of likely N-dealkylation sites (tertiary alicyclic amines) is 1. The van der Waals surface area contributed by atoms with Crippen molar-refractivity contribution < 1.29 is 28.6 Å². The van der Waals surface area contributed by atoms with Gasteiger partial charge in [-0.1, -0.05) is 24.3 Å². The quantitative estimate of drug-likeness (QED) is 0.355. The molecule has 198 valence electrons. The summed E-state index contributed by atoms with van der Waals surface area (Å²) in [5.41, 5.74) is -1.53. The fraction of sp³-hybridized carbons (Fsp3) is 0.667. The van der Waals surface area contributed by atoms with Gasteiger partial charge < -0.3 is 19.5 Å². The Balaban J connectivity index is 3.67. The zero-order chi connectivity index (χ0) is 27.0. The summed E-state index contributed by atoms with van der Waals surface area (Å²) in [5.74, 6) is -1.06. The predicted molar refractivity (Wildman–Crippen MR) is 137 cm³/mol. The molecule has 1 fully saturated rings. The van der Waals surface area contributed by atoms with E-state index >= 15 is 0 Å². The number of carbonyl (C=O) groups excluding carboxylic acids is 3. The SMILES string of the molecule is C=CCO[C@@H](CC=C)[C@H](NC(C)=O)[C@H]1[C@H](/C=C\C)C[C@H](C(=O)OC(C)(C)C)N1C(=O)OC(C)(C)C. The highest BCUT2D eigenvalue weighted by Gasteiger charge is 2.53. The molecule has 5 atom stereocenters. The largest absolute Gasteiger partial charge is 0.458 e. The second kappa shape index (κ2) is 12.9. The van der Waals surface area contributed by atoms with E-state index in [1.165, 1.54) is 11.8 Å². The molecule has 0 aromatic heterocycles. The first-order chi connectivity index (χ1) is 16.1. The average Bonchev–Trinajstić information content (AvgIpc) is 3.06. The molecule has 1 rings (SSSR count). The normalized spacial score (nSPS) is 22.4. The van der Waals surface area contributed by atoms with Gasteiger partial charge in [-0.25, -0.2) is 9.59 Å². The minimum Gasteiger partial charge on any atom is -0.458 e. The molecule has 0 radical (unpaired) electrons. The minimum atomic E-state index is -0.893. The third-order valence-corrected chi connectivity index (χ3v) is 5.28. The topological polar surface area (TPSA) is 94.2 Å². The molecule has 0 aromatic carbocycles. The van der Waals surface area contributed by atoms with Gasteiger partial charge >= 0.3 is 12.1 Å². The number of nitrogens with one attached hydrogen (secondary N) is 1. The summed E-state index contributed by atoms with van der Waals surface area (Å²) in [4.78, 5) is 40.6. The van der Waals surface area contributed by atoms with Gasteiger partial charge in [0.1, 0.15) is 17.2 Å². The van der Waals surface area contributed by atoms with Crippen molar-refractivity contribution in [2.24, 2.45) is 5.92 Å². The van der Waals surface area contributed by atoms with Crippen LogP contribution >= 0.6 is 0 Å². The van der Waals surface area contributed by atoms with Crippen LogP contribution in [0.2, 0.25) is 0 Å². The van der Waals surface area contributed by atoms with Crippen LogP contribution in [0.25, 0.3) is 0 Å². The summed E-state index contributed by atoms with van der Waals surface area (Å²) in [6, 6.07) is -2.17. The molecule has 1 aliphatic heterocycles. The molecule has 1 saturated heterocycles. The number of hydrogen-bond acceptors (Lipinski definition) is 6. The van der Waals surface area contributed by atoms with Crippen LogP contribution in [0.4, 0.5) is 4.79 Å². The first-order valence-corrected chi connectivity index (χ1v) is 12.1. The van der Waals surface area contributed by atoms with Crippen molar-refractivity contribution in [2.75, 3.05) is 6.61 Å². The molecule has 2 amide bonds. The van der Waals surface area contributed by atoms with Crippen molar-refractivity contribution >= 4 is 18.0 Å². The smallest absolute Gasteiger partial charge is 0.411 e. The van der Waals surface area contributed by atoms with Crippen LogP contribution in [-0.4, -0.2) is 64.9 Å². The third-order valence-electron chi connectivity index (χ3n) is 5.28. The lowest BCUT2D eigenvalue weighted by Gasteiger charge is -2.40. The molecule has 8 nitrogen and oxygen atoms in total. The number of esters is 1. The lowest BCUT2D eigenvalue weighted by molar-refractivity contribution is -0.160. The summed E-state index contributed by atoms with van der Waals surface area (Å²) in [5, 5.41) is 2.98. The van der Waals surface area contributed by atoms with Crippen molar-refractivity contribution in [2.45, 2.75) is 104 Å². The maximum Gasteiger partial charge on any atom is 0.411 e. The maximum absolute atomic E-state index is 13.6. The van der Waals surface area contributed by atoms with E-state index in [1.54, 1.807) is 53.7 Å². The highest BCUT2D eigenvalue weighted by Crippen LogP contribution is 2.37. The number of ether oxygens (including phenoxy) is 3. The van der Waals surface area contributed by atoms with Gasteiger partial charge in [-0.05, 0) is 61.3 Å². The van der Waals surface area contributed by atoms with E-state index in [4.69, 9.17) is 14.2 Å². The van der Waals surface area contributed by atoms with Crippen LogP contribution in [0.15, 0.2) is 37.5 Å². The Hall–Kier alpha value is -2.61. The molecule has 1 heterocycles. The van der Waals surface area contributed by atoms with Gasteiger partial charge in [0, 0.05) is 12.8 Å². The van der Waals surface area contributed by atoms with Crippen molar-refractivity contribution in [3.05, 3.63) is 37.5 Å². The van der Waals surface area contributed by atoms with Crippen LogP contribution in [0.1, 0.15) is 68.2 Å². The van der Waals surface area contributed by atoms with Crippen LogP contribution in [0.5, 0.6) is 0 Å². The van der Waals surface area contributed by atoms with E-state index in [-0.39, 0.29) is 18.4 Å². The minimum absolute atomic E-state index is 0.248. The van der Waals surface area contributed by atoms with E-state index in [1.807, 2.05) is 19.1 Å². The predicted octanol–water partition coefficient (Wildman–Crippen LogP) is 4.55. The fourth-order valence-corrected chi connectivity index (χ4v) is 4.25. The lowest BCUT2D eigenvalue weighted by atomic mass is 9.88. The summed E-state index contributed by atoms with van der Waals surface area (Å²) in [7, 11) is 0. The highest BCUT2D eigenvalue weighted by atomic mass is 16.6. The first kappa shape index (κ1) is 30.4. The second-order valence-corrected chi connectivity index (χ2v) is 10.8. The number of nitrogens with zero attached hydrogens (tertiary/aromatic N) is 1. The van der Waals surface area contributed by atoms with E-state index in [9.17, 15) is 14.4 Å². The maximum atomic E-state index is 13.6. The van der Waals surface area contributed by atoms with Gasteiger partial charge in [0.05, 0.1) is 24.8 Å². The van der Waals surface area contributed by atoms with Gasteiger partial charge in [0.15, 0.2) is 0 Å². The van der Waals surface area contributed by atoms with E-state index in [0.29, 0.717) is 12.8 Å². The van der Waals surface area contributed by atoms with Crippen LogP contribution in [0.3, 0.4) is 0 Å². The molecule has 35 heavy (non-hydrogen) atoms. The third kappa shape index (κ3) is 9.51. The highest BCUT2D eigenvalue weighted by molar-refractivity contribution is 5.83. The summed E-state index contributed by atoms with van der Waals surface area (Å²) in [6.45, 7) is 21.7. The number of amides is 2. The zero-order valence-electron chi connectivity index (χ0n) is 22.6. The molecule has 8 heteroatoms. The Morgan fingerprint density at radius 3 is 2.11 bits per heavy atom. The second-order valence-electron chi connectivity index (χ2n) is 10.8. The Morgan fingerprint density at radius 2 is 1.66 bits per heavy atom. The van der Waals surface area contributed by atoms with Crippen LogP contribution < -0.4 is 5.32 Å². The molecular formula is C27H44N2O6. The van der Waals surface area contributed by atoms with Gasteiger partial charge in [-0.3, -0.25) is 9.69 Å². The lowest BCUT2D eigenvalue weighted by Crippen LogP contribution is -2.60. The Morgan fingerprint density at radius 1 is 1.06 bits per heavy atom. The number of rotatable bonds is 10. The van der Waals surface area contributed by atoms with E-state index < -0.39 is 47.5 Å². The summed E-state index contributed by atoms with van der Waals surface area (Å²) < 4.78 is 17.4. The molecule has 1 N–H and O–H groups in total. The molecule has 0 saturated carbocycles. The zero-order valence-corrected chi connectivity index (χ0v) is 22.6. The van der Waals surface area contributed by atoms with Crippen LogP contribution in [0, 0.1) is 5.92 Å². The van der Waals surface area contributed by atoms with Crippen molar-refractivity contribution in [1.29, 1.82) is 0 Å². The number of carbonyl (C=O) groups is 3. The molecular weight excluding hydrogens is 448 g/mol. The molecule has 0 aliphatic carbocycles. The van der Waals surface area contributed by atoms with E-state index in [0.717, 1.165) is 0 Å². The molecule has 0 aromatic rings. The van der Waals surface area contributed by atoms with Crippen molar-refractivity contribution in [1.82, 2.24) is 10.2 Å². The molecule has 0 unspecified atom stereocenters. The molecule has 1 aliphatic rings. The number of hydrogen-bond donors (Lipinski definition) is 1. The van der Waals surface area contributed by atoms with Crippen LogP contribution in [-0.2, 0) is 23.8 Å². The summed E-state index contributed by atoms with van der Waals surface area (Å²) >= 11 is 0. The number of allylic oxidation sites excluding steroid dienone is 1. The Bertz CT molecular complexity index is 792. The van der Waals surface area contributed by atoms with Crippen molar-refractivity contribution in [3.63, 3.8) is 0 Å². The van der Waals surface area contributed by atoms with E-state index in [2.05, 4.69) is 18.5 Å². The van der Waals surface area contributed by atoms with Gasteiger partial charge in [-0.15, -0.1) is 13.2 Å². The standard InChI is InChI=1S/C27H44N2O6/c1-11-14-19-17-20(24(31)34-26(5,6)7)29(25(32)35-27(8,9)10)23(19)22(28-18(4)30)21(15-12-2)33-16-13-3/h11-14,19-23H,2-3,15-17H2,1,4-10H3,(H,28,30)/b14-11-/t19-,20-,21+,22+,23-/m1/s1. The molecule has 0 bridgehead atoms. The Labute approximate surface area is 210 Å². The first-order valence-electron chi connectivity index (χ1n) is 12.1. The molecule has 0 spiro atoms. The average molecular weight is 493 g/mol. The van der Waals surface area contributed by atoms with Crippen molar-refractivity contribution in [3.8, 4) is 0 Å². The fourth-order valence-electron chi connectivity index (χ4n) is 4.25. The van der Waals surface area contributed by atoms with Gasteiger partial charge in [0.25, 0.3) is 0 Å². The van der Waals surface area contributed by atoms with Gasteiger partial charge in [0.2, 0.25) is 5.91 Å². The van der Waals surface area contributed by atoms with Gasteiger partial charge in [-0.2, -0.15) is 0 Å². The Kier molecular flexibility index (Phi) is 11.2.